The van der Waals surface area contributed by atoms with Crippen molar-refractivity contribution in [3.05, 3.63) is 72.9 Å². The van der Waals surface area contributed by atoms with Crippen molar-refractivity contribution >= 4 is 6.29 Å². The van der Waals surface area contributed by atoms with Crippen molar-refractivity contribution in [3.8, 4) is 0 Å². The van der Waals surface area contributed by atoms with E-state index >= 15 is 0 Å². The smallest absolute Gasteiger partial charge is 0.142 e. The molecule has 0 heterocycles. The molecule has 0 aliphatic carbocycles. The number of aldehydes is 1. The quantitative estimate of drug-likeness (QED) is 0.123. The van der Waals surface area contributed by atoms with Crippen LogP contribution in [0.1, 0.15) is 71.1 Å². The van der Waals surface area contributed by atoms with E-state index in [0.29, 0.717) is 0 Å². The monoisotopic (exact) mass is 340 g/mol. The van der Waals surface area contributed by atoms with Crippen molar-refractivity contribution in [2.75, 3.05) is 0 Å². The molecule has 1 nitrogen and oxygen atoms in total. The van der Waals surface area contributed by atoms with Crippen molar-refractivity contribution < 1.29 is 4.79 Å². The Morgan fingerprint density at radius 2 is 0.880 bits per heavy atom. The molecule has 1 heteroatoms. The molecule has 0 fully saturated rings. The van der Waals surface area contributed by atoms with Crippen molar-refractivity contribution in [1.82, 2.24) is 0 Å². The minimum absolute atomic E-state index is 0.766. The molecule has 0 aliphatic rings. The molecule has 0 bridgehead atoms. The molecule has 138 valence electrons. The summed E-state index contributed by atoms with van der Waals surface area (Å²) < 4.78 is 0. The van der Waals surface area contributed by atoms with Crippen LogP contribution in [0.5, 0.6) is 0 Å². The van der Waals surface area contributed by atoms with Crippen molar-refractivity contribution in [1.29, 1.82) is 0 Å². The molecule has 0 amide bonds. The zero-order valence-electron chi connectivity index (χ0n) is 16.0. The molecular formula is C24H36O. The Morgan fingerprint density at radius 1 is 0.480 bits per heavy atom. The maximum Gasteiger partial charge on any atom is 0.142 e. The number of carbonyl (C=O) groups excluding carboxylic acids is 1. The minimum Gasteiger partial charge on any atom is -0.299 e. The molecule has 0 aliphatic heterocycles. The molecule has 0 aromatic heterocycles. The largest absolute Gasteiger partial charge is 0.299 e. The van der Waals surface area contributed by atoms with Gasteiger partial charge in [0.15, 0.2) is 0 Å². The summed E-state index contributed by atoms with van der Waals surface area (Å²) in [6.45, 7) is 2.27. The van der Waals surface area contributed by atoms with E-state index in [9.17, 15) is 4.79 Å². The van der Waals surface area contributed by atoms with E-state index in [1.807, 2.05) is 42.5 Å². The third kappa shape index (κ3) is 22.1. The van der Waals surface area contributed by atoms with Crippen LogP contribution in [0.2, 0.25) is 0 Å². The third-order valence-electron chi connectivity index (χ3n) is 3.80. The van der Waals surface area contributed by atoms with Gasteiger partial charge in [-0.15, -0.1) is 0 Å². The van der Waals surface area contributed by atoms with E-state index in [1.165, 1.54) is 70.3 Å². The van der Waals surface area contributed by atoms with Crippen molar-refractivity contribution in [3.63, 3.8) is 0 Å². The van der Waals surface area contributed by atoms with Gasteiger partial charge < -0.3 is 0 Å². The van der Waals surface area contributed by atoms with Gasteiger partial charge in [0, 0.05) is 0 Å². The first-order valence-corrected chi connectivity index (χ1v) is 9.85. The maximum absolute atomic E-state index is 10.0. The molecule has 0 N–H and O–H groups in total. The number of carbonyl (C=O) groups is 1. The summed E-state index contributed by atoms with van der Waals surface area (Å²) in [7, 11) is 0. The predicted molar refractivity (Wildman–Crippen MR) is 113 cm³/mol. The Bertz CT molecular complexity index is 447. The van der Waals surface area contributed by atoms with Gasteiger partial charge in [0.2, 0.25) is 0 Å². The zero-order chi connectivity index (χ0) is 18.3. The van der Waals surface area contributed by atoms with Gasteiger partial charge in [-0.25, -0.2) is 0 Å². The number of rotatable bonds is 16. The van der Waals surface area contributed by atoms with Crippen LogP contribution in [0.3, 0.4) is 0 Å². The highest BCUT2D eigenvalue weighted by Crippen LogP contribution is 2.10. The van der Waals surface area contributed by atoms with Gasteiger partial charge in [-0.1, -0.05) is 125 Å². The van der Waals surface area contributed by atoms with E-state index in [0.717, 1.165) is 6.29 Å². The minimum atomic E-state index is 0.766. The SMILES string of the molecule is CCCCCCCCCCC/C=C/C=C/C=C/C=C/C=C/C=C/C=O. The summed E-state index contributed by atoms with van der Waals surface area (Å²) in [5.74, 6) is 0. The fraction of sp³-hybridized carbons (Fsp3) is 0.458. The Hall–Kier alpha value is -1.89. The number of unbranched alkanes of at least 4 members (excludes halogenated alkanes) is 9. The topological polar surface area (TPSA) is 17.1 Å². The first-order chi connectivity index (χ1) is 12.4. The molecule has 0 saturated heterocycles. The molecule has 0 unspecified atom stereocenters. The Morgan fingerprint density at radius 3 is 1.36 bits per heavy atom. The van der Waals surface area contributed by atoms with Crippen LogP contribution >= 0.6 is 0 Å². The summed E-state index contributed by atoms with van der Waals surface area (Å²) in [4.78, 5) is 10.0. The highest BCUT2D eigenvalue weighted by molar-refractivity contribution is 5.65. The molecular weight excluding hydrogens is 304 g/mol. The van der Waals surface area contributed by atoms with Gasteiger partial charge in [-0.2, -0.15) is 0 Å². The van der Waals surface area contributed by atoms with E-state index in [2.05, 4.69) is 25.2 Å². The summed E-state index contributed by atoms with van der Waals surface area (Å²) in [6.07, 6.45) is 37.7. The Labute approximate surface area is 155 Å². The molecule has 0 saturated carbocycles. The molecule has 0 atom stereocenters. The van der Waals surface area contributed by atoms with Gasteiger partial charge >= 0.3 is 0 Å². The average Bonchev–Trinajstić information content (AvgIpc) is 2.63. The van der Waals surface area contributed by atoms with Gasteiger partial charge in [0.05, 0.1) is 0 Å². The highest BCUT2D eigenvalue weighted by atomic mass is 16.1. The van der Waals surface area contributed by atoms with Crippen LogP contribution < -0.4 is 0 Å². The lowest BCUT2D eigenvalue weighted by atomic mass is 10.1. The van der Waals surface area contributed by atoms with Crippen LogP contribution in [0.15, 0.2) is 72.9 Å². The Kier molecular flexibility index (Phi) is 20.4. The maximum atomic E-state index is 10.0. The van der Waals surface area contributed by atoms with E-state index in [-0.39, 0.29) is 0 Å². The summed E-state index contributed by atoms with van der Waals surface area (Å²) in [6, 6.07) is 0. The lowest BCUT2D eigenvalue weighted by Crippen LogP contribution is -1.80. The predicted octanol–water partition coefficient (Wildman–Crippen LogP) is 7.44. The molecule has 25 heavy (non-hydrogen) atoms. The lowest BCUT2D eigenvalue weighted by molar-refractivity contribution is -0.104. The van der Waals surface area contributed by atoms with Crippen LogP contribution in [-0.2, 0) is 4.79 Å². The second-order valence-electron chi connectivity index (χ2n) is 6.11. The van der Waals surface area contributed by atoms with Crippen LogP contribution in [0.25, 0.3) is 0 Å². The number of hydrogen-bond donors (Lipinski definition) is 0. The van der Waals surface area contributed by atoms with Crippen LogP contribution in [0, 0.1) is 0 Å². The molecule has 0 aromatic carbocycles. The first kappa shape index (κ1) is 23.1. The molecule has 0 rings (SSSR count). The average molecular weight is 341 g/mol. The zero-order valence-corrected chi connectivity index (χ0v) is 16.0. The van der Waals surface area contributed by atoms with Crippen molar-refractivity contribution in [2.24, 2.45) is 0 Å². The summed E-state index contributed by atoms with van der Waals surface area (Å²) in [5.41, 5.74) is 0. The molecule has 0 radical (unpaired) electrons. The standard InChI is InChI=1S/C24H36O/c1-2-3-4-5-6-7-8-9-10-11-12-13-14-15-16-17-18-19-20-21-22-23-24-25/h12-24H,2-11H2,1H3/b13-12+,15-14+,17-16+,19-18+,21-20+,23-22+. The second-order valence-corrected chi connectivity index (χ2v) is 6.11. The van der Waals surface area contributed by atoms with E-state index < -0.39 is 0 Å². The summed E-state index contributed by atoms with van der Waals surface area (Å²) in [5, 5.41) is 0. The number of hydrogen-bond acceptors (Lipinski definition) is 1. The first-order valence-electron chi connectivity index (χ1n) is 9.85. The highest BCUT2D eigenvalue weighted by Gasteiger charge is 1.90. The third-order valence-corrected chi connectivity index (χ3v) is 3.80. The van der Waals surface area contributed by atoms with Crippen LogP contribution in [-0.4, -0.2) is 6.29 Å². The van der Waals surface area contributed by atoms with Gasteiger partial charge in [-0.05, 0) is 18.9 Å². The molecule has 0 spiro atoms. The number of allylic oxidation sites excluding steroid dienone is 12. The fourth-order valence-corrected chi connectivity index (χ4v) is 2.37. The van der Waals surface area contributed by atoms with Crippen molar-refractivity contribution in [2.45, 2.75) is 71.1 Å². The fourth-order valence-electron chi connectivity index (χ4n) is 2.37. The van der Waals surface area contributed by atoms with E-state index in [1.54, 1.807) is 6.08 Å². The lowest BCUT2D eigenvalue weighted by Gasteiger charge is -2.00. The molecule has 0 aromatic rings. The normalized spacial score (nSPS) is 13.0. The van der Waals surface area contributed by atoms with Crippen LogP contribution in [0.4, 0.5) is 0 Å². The Balaban J connectivity index is 3.46. The van der Waals surface area contributed by atoms with Gasteiger partial charge in [0.25, 0.3) is 0 Å². The summed E-state index contributed by atoms with van der Waals surface area (Å²) >= 11 is 0. The van der Waals surface area contributed by atoms with E-state index in [4.69, 9.17) is 0 Å². The van der Waals surface area contributed by atoms with Gasteiger partial charge in [-0.3, -0.25) is 4.79 Å². The van der Waals surface area contributed by atoms with Gasteiger partial charge in [0.1, 0.15) is 6.29 Å². The second kappa shape index (κ2) is 22.1.